The molecular formula is C10H18O. The summed E-state index contributed by atoms with van der Waals surface area (Å²) in [5.41, 5.74) is 0. The van der Waals surface area contributed by atoms with E-state index < -0.39 is 0 Å². The Morgan fingerprint density at radius 1 is 1.45 bits per heavy atom. The second kappa shape index (κ2) is 6.14. The summed E-state index contributed by atoms with van der Waals surface area (Å²) in [5.74, 6) is 0.963. The Morgan fingerprint density at radius 2 is 2.09 bits per heavy atom. The van der Waals surface area contributed by atoms with Gasteiger partial charge in [0.1, 0.15) is 5.78 Å². The Kier molecular flexibility index (Phi) is 5.81. The number of carbonyl (C=O) groups excluding carboxylic acids is 1. The minimum atomic E-state index is 0.360. The van der Waals surface area contributed by atoms with E-state index in [-0.39, 0.29) is 0 Å². The van der Waals surface area contributed by atoms with E-state index in [1.54, 1.807) is 0 Å². The van der Waals surface area contributed by atoms with Gasteiger partial charge in [-0.3, -0.25) is 4.79 Å². The SMILES string of the molecule is CCC(=O)CC/C=C/C(C)C. The fourth-order valence-electron chi connectivity index (χ4n) is 0.789. The Hall–Kier alpha value is -0.590. The predicted molar refractivity (Wildman–Crippen MR) is 48.5 cm³/mol. The molecule has 0 aromatic heterocycles. The summed E-state index contributed by atoms with van der Waals surface area (Å²) >= 11 is 0. The Balaban J connectivity index is 3.34. The number of Topliss-reactive ketones (excluding diaryl/α,β-unsaturated/α-hetero) is 1. The van der Waals surface area contributed by atoms with E-state index in [9.17, 15) is 4.79 Å². The number of ketones is 1. The van der Waals surface area contributed by atoms with Crippen LogP contribution in [0, 0.1) is 5.92 Å². The molecule has 0 unspecified atom stereocenters. The van der Waals surface area contributed by atoms with Crippen molar-refractivity contribution in [2.24, 2.45) is 5.92 Å². The molecule has 0 atom stereocenters. The molecule has 0 bridgehead atoms. The lowest BCUT2D eigenvalue weighted by Gasteiger charge is -1.94. The summed E-state index contributed by atoms with van der Waals surface area (Å²) in [7, 11) is 0. The van der Waals surface area contributed by atoms with Gasteiger partial charge >= 0.3 is 0 Å². The molecule has 0 saturated carbocycles. The fourth-order valence-corrected chi connectivity index (χ4v) is 0.789. The minimum absolute atomic E-state index is 0.360. The molecule has 0 heterocycles. The molecule has 0 amide bonds. The van der Waals surface area contributed by atoms with E-state index in [1.807, 2.05) is 6.92 Å². The van der Waals surface area contributed by atoms with Crippen LogP contribution in [0.5, 0.6) is 0 Å². The molecule has 11 heavy (non-hydrogen) atoms. The van der Waals surface area contributed by atoms with E-state index in [2.05, 4.69) is 26.0 Å². The lowest BCUT2D eigenvalue weighted by Crippen LogP contribution is -1.92. The number of hydrogen-bond acceptors (Lipinski definition) is 1. The first-order valence-electron chi connectivity index (χ1n) is 4.35. The van der Waals surface area contributed by atoms with Crippen molar-refractivity contribution in [2.45, 2.75) is 40.0 Å². The van der Waals surface area contributed by atoms with Gasteiger partial charge in [-0.25, -0.2) is 0 Å². The van der Waals surface area contributed by atoms with Gasteiger partial charge in [0.15, 0.2) is 0 Å². The van der Waals surface area contributed by atoms with Crippen molar-refractivity contribution in [3.05, 3.63) is 12.2 Å². The van der Waals surface area contributed by atoms with Crippen LogP contribution >= 0.6 is 0 Å². The van der Waals surface area contributed by atoms with Gasteiger partial charge in [-0.05, 0) is 12.3 Å². The largest absolute Gasteiger partial charge is 0.300 e. The quantitative estimate of drug-likeness (QED) is 0.556. The first-order valence-corrected chi connectivity index (χ1v) is 4.35. The first kappa shape index (κ1) is 10.4. The molecule has 0 spiro atoms. The van der Waals surface area contributed by atoms with Crippen molar-refractivity contribution in [3.63, 3.8) is 0 Å². The number of allylic oxidation sites excluding steroid dienone is 2. The molecule has 1 nitrogen and oxygen atoms in total. The molecule has 0 saturated heterocycles. The van der Waals surface area contributed by atoms with Gasteiger partial charge in [-0.2, -0.15) is 0 Å². The maximum absolute atomic E-state index is 10.8. The molecule has 0 fully saturated rings. The van der Waals surface area contributed by atoms with Crippen LogP contribution in [0.15, 0.2) is 12.2 Å². The third-order valence-electron chi connectivity index (χ3n) is 1.51. The topological polar surface area (TPSA) is 17.1 Å². The van der Waals surface area contributed by atoms with Crippen LogP contribution in [0.2, 0.25) is 0 Å². The van der Waals surface area contributed by atoms with Gasteiger partial charge in [0, 0.05) is 12.8 Å². The molecular weight excluding hydrogens is 136 g/mol. The molecule has 0 aromatic rings. The maximum atomic E-state index is 10.8. The highest BCUT2D eigenvalue weighted by Gasteiger charge is 1.94. The van der Waals surface area contributed by atoms with Crippen molar-refractivity contribution in [1.29, 1.82) is 0 Å². The zero-order valence-electron chi connectivity index (χ0n) is 7.76. The van der Waals surface area contributed by atoms with E-state index >= 15 is 0 Å². The van der Waals surface area contributed by atoms with Gasteiger partial charge in [0.05, 0.1) is 0 Å². The number of rotatable bonds is 5. The predicted octanol–water partition coefficient (Wildman–Crippen LogP) is 2.96. The molecule has 0 aliphatic rings. The first-order chi connectivity index (χ1) is 5.16. The van der Waals surface area contributed by atoms with Crippen LogP contribution in [0.4, 0.5) is 0 Å². The highest BCUT2D eigenvalue weighted by molar-refractivity contribution is 5.78. The van der Waals surface area contributed by atoms with Crippen molar-refractivity contribution in [1.82, 2.24) is 0 Å². The number of hydrogen-bond donors (Lipinski definition) is 0. The average molecular weight is 154 g/mol. The van der Waals surface area contributed by atoms with Gasteiger partial charge < -0.3 is 0 Å². The third-order valence-corrected chi connectivity index (χ3v) is 1.51. The zero-order chi connectivity index (χ0) is 8.69. The van der Waals surface area contributed by atoms with Gasteiger partial charge in [0.25, 0.3) is 0 Å². The van der Waals surface area contributed by atoms with Crippen LogP contribution in [0.1, 0.15) is 40.0 Å². The highest BCUT2D eigenvalue weighted by Crippen LogP contribution is 1.99. The lowest BCUT2D eigenvalue weighted by molar-refractivity contribution is -0.118. The number of carbonyl (C=O) groups is 1. The summed E-state index contributed by atoms with van der Waals surface area (Å²) < 4.78 is 0. The van der Waals surface area contributed by atoms with E-state index in [0.717, 1.165) is 6.42 Å². The Bertz CT molecular complexity index is 134. The third kappa shape index (κ3) is 7.31. The van der Waals surface area contributed by atoms with Crippen LogP contribution in [-0.4, -0.2) is 5.78 Å². The smallest absolute Gasteiger partial charge is 0.132 e. The van der Waals surface area contributed by atoms with E-state index in [0.29, 0.717) is 24.5 Å². The zero-order valence-corrected chi connectivity index (χ0v) is 7.76. The van der Waals surface area contributed by atoms with Gasteiger partial charge in [-0.15, -0.1) is 0 Å². The standard InChI is InChI=1S/C10H18O/c1-4-10(11)8-6-5-7-9(2)3/h5,7,9H,4,6,8H2,1-3H3/b7-5+. The summed E-state index contributed by atoms with van der Waals surface area (Å²) in [6.07, 6.45) is 6.53. The van der Waals surface area contributed by atoms with Gasteiger partial charge in [-0.1, -0.05) is 32.9 Å². The molecule has 0 aliphatic carbocycles. The van der Waals surface area contributed by atoms with Crippen molar-refractivity contribution >= 4 is 5.78 Å². The van der Waals surface area contributed by atoms with E-state index in [4.69, 9.17) is 0 Å². The van der Waals surface area contributed by atoms with Crippen LogP contribution < -0.4 is 0 Å². The highest BCUT2D eigenvalue weighted by atomic mass is 16.1. The molecule has 64 valence electrons. The molecule has 0 N–H and O–H groups in total. The second-order valence-corrected chi connectivity index (χ2v) is 3.10. The van der Waals surface area contributed by atoms with Crippen LogP contribution in [0.3, 0.4) is 0 Å². The maximum Gasteiger partial charge on any atom is 0.132 e. The normalized spacial score (nSPS) is 11.3. The fraction of sp³-hybridized carbons (Fsp3) is 0.700. The Labute approximate surface area is 69.5 Å². The van der Waals surface area contributed by atoms with Gasteiger partial charge in [0.2, 0.25) is 0 Å². The average Bonchev–Trinajstić information content (AvgIpc) is 1.97. The summed E-state index contributed by atoms with van der Waals surface area (Å²) in [6, 6.07) is 0. The van der Waals surface area contributed by atoms with E-state index in [1.165, 1.54) is 0 Å². The molecule has 1 heteroatoms. The summed E-state index contributed by atoms with van der Waals surface area (Å²) in [5, 5.41) is 0. The second-order valence-electron chi connectivity index (χ2n) is 3.10. The minimum Gasteiger partial charge on any atom is -0.300 e. The molecule has 0 aliphatic heterocycles. The van der Waals surface area contributed by atoms with Crippen molar-refractivity contribution in [2.75, 3.05) is 0 Å². The summed E-state index contributed by atoms with van der Waals surface area (Å²) in [6.45, 7) is 6.19. The van der Waals surface area contributed by atoms with Crippen molar-refractivity contribution < 1.29 is 4.79 Å². The lowest BCUT2D eigenvalue weighted by atomic mass is 10.1. The van der Waals surface area contributed by atoms with Crippen LogP contribution in [-0.2, 0) is 4.79 Å². The monoisotopic (exact) mass is 154 g/mol. The molecule has 0 radical (unpaired) electrons. The van der Waals surface area contributed by atoms with Crippen molar-refractivity contribution in [3.8, 4) is 0 Å². The molecule has 0 aromatic carbocycles. The van der Waals surface area contributed by atoms with Crippen LogP contribution in [0.25, 0.3) is 0 Å². The Morgan fingerprint density at radius 3 is 2.55 bits per heavy atom. The summed E-state index contributed by atoms with van der Waals surface area (Å²) in [4.78, 5) is 10.8. The molecule has 0 rings (SSSR count).